The summed E-state index contributed by atoms with van der Waals surface area (Å²) in [6, 6.07) is 19.6. The first-order valence-corrected chi connectivity index (χ1v) is 12.8. The number of para-hydroxylation sites is 1. The molecule has 4 rings (SSSR count). The molecule has 0 atom stereocenters. The summed E-state index contributed by atoms with van der Waals surface area (Å²) in [7, 11) is -8.80. The first-order chi connectivity index (χ1) is 16.1. The molecule has 0 saturated heterocycles. The van der Waals surface area contributed by atoms with E-state index in [0.29, 0.717) is 11.3 Å². The Morgan fingerprint density at radius 1 is 0.800 bits per heavy atom. The largest absolute Gasteiger partial charge is 1.00 e. The smallest absolute Gasteiger partial charge is 0.744 e. The molecule has 0 saturated carbocycles. The first kappa shape index (κ1) is 26.8. The van der Waals surface area contributed by atoms with Gasteiger partial charge < -0.3 is 9.66 Å². The number of phenols is 1. The monoisotopic (exact) mass is 519 g/mol. The SMILES string of the molecule is Cc1ccc(N=Nc2cc(S(=O)(=O)[O-])c3ccccc3c2O)cc1S(=O)(=O)Nc1ccccc1.[Na+]. The number of benzene rings is 4. The average Bonchev–Trinajstić information content (AvgIpc) is 2.79. The summed E-state index contributed by atoms with van der Waals surface area (Å²) in [6.07, 6.45) is 0. The standard InChI is InChI=1S/C23H19N3O6S2.Na/c1-15-11-12-17(13-21(15)33(28,29)26-16-7-3-2-4-8-16)24-25-20-14-22(34(30,31)32)18-9-5-6-10-19(18)23(20)27;/h2-14,26-27H,1H3,(H,30,31,32);/q;+1/p-1. The van der Waals surface area contributed by atoms with Gasteiger partial charge in [0.25, 0.3) is 10.0 Å². The number of anilines is 1. The quantitative estimate of drug-likeness (QED) is 0.226. The van der Waals surface area contributed by atoms with Crippen molar-refractivity contribution < 1.29 is 56.1 Å². The number of rotatable bonds is 6. The predicted molar refractivity (Wildman–Crippen MR) is 126 cm³/mol. The molecule has 0 aliphatic rings. The van der Waals surface area contributed by atoms with Crippen LogP contribution in [0, 0.1) is 6.92 Å². The predicted octanol–water partition coefficient (Wildman–Crippen LogP) is 1.98. The van der Waals surface area contributed by atoms with Crippen molar-refractivity contribution in [3.05, 3.63) is 84.4 Å². The van der Waals surface area contributed by atoms with E-state index < -0.39 is 25.0 Å². The Bertz CT molecular complexity index is 1640. The average molecular weight is 520 g/mol. The van der Waals surface area contributed by atoms with Crippen LogP contribution in [0.15, 0.2) is 98.9 Å². The maximum Gasteiger partial charge on any atom is 1.00 e. The van der Waals surface area contributed by atoms with Crippen molar-refractivity contribution in [2.24, 2.45) is 10.2 Å². The van der Waals surface area contributed by atoms with Crippen molar-refractivity contribution in [2.75, 3.05) is 4.72 Å². The van der Waals surface area contributed by atoms with Gasteiger partial charge in [-0.1, -0.05) is 48.5 Å². The van der Waals surface area contributed by atoms with E-state index in [2.05, 4.69) is 15.0 Å². The van der Waals surface area contributed by atoms with Crippen molar-refractivity contribution in [1.29, 1.82) is 0 Å². The fraction of sp³-hybridized carbons (Fsp3) is 0.0435. The second-order valence-corrected chi connectivity index (χ2v) is 10.4. The Morgan fingerprint density at radius 2 is 1.43 bits per heavy atom. The molecule has 0 aliphatic heterocycles. The molecular formula is C23H18N3NaO6S2. The number of hydrogen-bond acceptors (Lipinski definition) is 8. The van der Waals surface area contributed by atoms with Crippen molar-refractivity contribution in [3.63, 3.8) is 0 Å². The Hall–Kier alpha value is -2.80. The Kier molecular flexibility index (Phi) is 8.00. The van der Waals surface area contributed by atoms with Crippen LogP contribution in [0.4, 0.5) is 17.1 Å². The van der Waals surface area contributed by atoms with Crippen LogP contribution in [0.2, 0.25) is 0 Å². The van der Waals surface area contributed by atoms with Crippen molar-refractivity contribution in [3.8, 4) is 5.75 Å². The zero-order chi connectivity index (χ0) is 24.5. The van der Waals surface area contributed by atoms with Gasteiger partial charge in [-0.2, -0.15) is 5.11 Å². The number of phenolic OH excluding ortho intramolecular Hbond substituents is 1. The summed E-state index contributed by atoms with van der Waals surface area (Å²) >= 11 is 0. The molecule has 0 amide bonds. The van der Waals surface area contributed by atoms with Crippen LogP contribution in [0.1, 0.15) is 5.56 Å². The summed E-state index contributed by atoms with van der Waals surface area (Å²) in [6.45, 7) is 1.63. The zero-order valence-electron chi connectivity index (χ0n) is 18.7. The second kappa shape index (κ2) is 10.4. The van der Waals surface area contributed by atoms with Crippen LogP contribution in [0.3, 0.4) is 0 Å². The molecule has 0 fully saturated rings. The molecule has 174 valence electrons. The van der Waals surface area contributed by atoms with Gasteiger partial charge in [0.2, 0.25) is 0 Å². The van der Waals surface area contributed by atoms with E-state index in [9.17, 15) is 26.5 Å². The second-order valence-electron chi connectivity index (χ2n) is 7.36. The Balaban J connectivity index is 0.00000342. The van der Waals surface area contributed by atoms with E-state index in [1.807, 2.05) is 0 Å². The third-order valence-electron chi connectivity index (χ3n) is 4.99. The Morgan fingerprint density at radius 3 is 2.09 bits per heavy atom. The summed E-state index contributed by atoms with van der Waals surface area (Å²) in [4.78, 5) is -0.576. The minimum Gasteiger partial charge on any atom is -0.744 e. The van der Waals surface area contributed by atoms with Crippen LogP contribution in [0.5, 0.6) is 5.75 Å². The van der Waals surface area contributed by atoms with Crippen LogP contribution < -0.4 is 34.3 Å². The maximum atomic E-state index is 12.9. The van der Waals surface area contributed by atoms with Gasteiger partial charge in [0.1, 0.15) is 15.8 Å². The number of hydrogen-bond donors (Lipinski definition) is 2. The molecule has 0 aromatic heterocycles. The minimum atomic E-state index is -4.86. The maximum absolute atomic E-state index is 12.9. The molecule has 0 bridgehead atoms. The van der Waals surface area contributed by atoms with Gasteiger partial charge in [-0.05, 0) is 42.8 Å². The van der Waals surface area contributed by atoms with E-state index in [1.54, 1.807) is 49.4 Å². The number of sulfonamides is 1. The van der Waals surface area contributed by atoms with Crippen LogP contribution in [0.25, 0.3) is 10.8 Å². The summed E-state index contributed by atoms with van der Waals surface area (Å²) in [5, 5.41) is 18.6. The Labute approximate surface area is 224 Å². The topological polar surface area (TPSA) is 148 Å². The fourth-order valence-corrected chi connectivity index (χ4v) is 5.39. The molecule has 35 heavy (non-hydrogen) atoms. The molecule has 4 aromatic rings. The van der Waals surface area contributed by atoms with Gasteiger partial charge in [-0.15, -0.1) is 5.11 Å². The first-order valence-electron chi connectivity index (χ1n) is 9.87. The van der Waals surface area contributed by atoms with E-state index in [1.165, 1.54) is 30.3 Å². The number of nitrogens with zero attached hydrogens (tertiary/aromatic N) is 2. The molecule has 2 N–H and O–H groups in total. The third-order valence-corrected chi connectivity index (χ3v) is 7.39. The van der Waals surface area contributed by atoms with Crippen molar-refractivity contribution in [2.45, 2.75) is 16.7 Å². The third kappa shape index (κ3) is 5.89. The molecule has 0 radical (unpaired) electrons. The number of aromatic hydroxyl groups is 1. The fourth-order valence-electron chi connectivity index (χ4n) is 3.36. The molecule has 0 aliphatic carbocycles. The molecule has 0 spiro atoms. The van der Waals surface area contributed by atoms with Gasteiger partial charge in [0, 0.05) is 16.5 Å². The van der Waals surface area contributed by atoms with E-state index >= 15 is 0 Å². The molecule has 4 aromatic carbocycles. The summed E-state index contributed by atoms with van der Waals surface area (Å²) in [5.74, 6) is -0.363. The molecule has 12 heteroatoms. The molecule has 0 heterocycles. The summed E-state index contributed by atoms with van der Waals surface area (Å²) in [5.41, 5.74) is 0.746. The van der Waals surface area contributed by atoms with E-state index in [-0.39, 0.29) is 62.3 Å². The van der Waals surface area contributed by atoms with E-state index in [4.69, 9.17) is 0 Å². The summed E-state index contributed by atoms with van der Waals surface area (Å²) < 4.78 is 63.5. The number of nitrogens with one attached hydrogen (secondary N) is 1. The molecular weight excluding hydrogens is 501 g/mol. The van der Waals surface area contributed by atoms with Crippen LogP contribution in [-0.4, -0.2) is 26.5 Å². The van der Waals surface area contributed by atoms with Crippen LogP contribution in [-0.2, 0) is 20.1 Å². The molecule has 0 unspecified atom stereocenters. The van der Waals surface area contributed by atoms with Gasteiger partial charge in [-0.3, -0.25) is 4.72 Å². The van der Waals surface area contributed by atoms with Crippen molar-refractivity contribution in [1.82, 2.24) is 0 Å². The molecule has 9 nitrogen and oxygen atoms in total. The number of azo groups is 1. The van der Waals surface area contributed by atoms with Crippen molar-refractivity contribution >= 4 is 48.0 Å². The zero-order valence-corrected chi connectivity index (χ0v) is 22.3. The van der Waals surface area contributed by atoms with Gasteiger partial charge >= 0.3 is 29.6 Å². The number of aryl methyl sites for hydroxylation is 1. The van der Waals surface area contributed by atoms with Gasteiger partial charge in [-0.25, -0.2) is 16.8 Å². The minimum absolute atomic E-state index is 0. The number of fused-ring (bicyclic) bond motifs is 1. The normalized spacial score (nSPS) is 11.9. The van der Waals surface area contributed by atoms with Crippen LogP contribution >= 0.6 is 0 Å². The van der Waals surface area contributed by atoms with E-state index in [0.717, 1.165) is 6.07 Å². The van der Waals surface area contributed by atoms with Gasteiger partial charge in [0.05, 0.1) is 15.5 Å². The van der Waals surface area contributed by atoms with Gasteiger partial charge in [0.15, 0.2) is 5.75 Å².